The van der Waals surface area contributed by atoms with E-state index in [9.17, 15) is 9.59 Å². The highest BCUT2D eigenvalue weighted by molar-refractivity contribution is 9.10. The predicted octanol–water partition coefficient (Wildman–Crippen LogP) is 3.22. The lowest BCUT2D eigenvalue weighted by atomic mass is 9.79. The normalized spacial score (nSPS) is 17.0. The van der Waals surface area contributed by atoms with Crippen LogP contribution < -0.4 is 15.6 Å². The summed E-state index contributed by atoms with van der Waals surface area (Å²) in [6.45, 7) is 1.60. The maximum Gasteiger partial charge on any atom is 0.275 e. The zero-order valence-electron chi connectivity index (χ0n) is 16.4. The molecule has 0 bridgehead atoms. The van der Waals surface area contributed by atoms with Gasteiger partial charge < -0.3 is 4.74 Å². The van der Waals surface area contributed by atoms with E-state index in [-0.39, 0.29) is 24.2 Å². The summed E-state index contributed by atoms with van der Waals surface area (Å²) in [5, 5.41) is 8.09. The number of carbonyl (C=O) groups is 1. The maximum absolute atomic E-state index is 12.9. The van der Waals surface area contributed by atoms with Gasteiger partial charge in [-0.2, -0.15) is 0 Å². The third kappa shape index (κ3) is 3.69. The number of nitrogens with zero attached hydrogens (tertiary/aromatic N) is 4. The molecule has 2 aliphatic rings. The van der Waals surface area contributed by atoms with E-state index in [2.05, 4.69) is 36.3 Å². The molecule has 154 valence electrons. The van der Waals surface area contributed by atoms with Crippen molar-refractivity contribution in [2.45, 2.75) is 45.3 Å². The van der Waals surface area contributed by atoms with E-state index < -0.39 is 5.91 Å². The number of benzene rings is 1. The molecule has 9 heteroatoms. The standard InChI is InChI=1S/C21H20BrN5O3/c1-12-9-23-20(24-10-12)25-17(28)11-27-19(29)15-3-2-13(22)6-16(15)18(26-27)30-14-7-21(8-14)4-5-21/h2-3,6,9-10,14H,4-5,7-8,11H2,1H3,(H,23,24,25,28). The minimum absolute atomic E-state index is 0.0999. The van der Waals surface area contributed by atoms with Gasteiger partial charge in [-0.05, 0) is 61.8 Å². The van der Waals surface area contributed by atoms with Crippen molar-refractivity contribution in [1.82, 2.24) is 19.7 Å². The number of fused-ring (bicyclic) bond motifs is 1. The molecule has 2 saturated carbocycles. The number of amides is 1. The van der Waals surface area contributed by atoms with Gasteiger partial charge in [-0.1, -0.05) is 15.9 Å². The number of aromatic nitrogens is 4. The van der Waals surface area contributed by atoms with Crippen LogP contribution >= 0.6 is 15.9 Å². The highest BCUT2D eigenvalue weighted by Gasteiger charge is 2.54. The second-order valence-corrected chi connectivity index (χ2v) is 9.15. The van der Waals surface area contributed by atoms with Gasteiger partial charge in [0.05, 0.1) is 10.8 Å². The van der Waals surface area contributed by atoms with Crippen LogP contribution in [-0.2, 0) is 11.3 Å². The van der Waals surface area contributed by atoms with Gasteiger partial charge in [-0.15, -0.1) is 5.10 Å². The number of aryl methyl sites for hydroxylation is 1. The minimum atomic E-state index is -0.434. The third-order valence-corrected chi connectivity index (χ3v) is 6.26. The van der Waals surface area contributed by atoms with E-state index in [4.69, 9.17) is 4.74 Å². The zero-order chi connectivity index (χ0) is 20.9. The molecule has 8 nitrogen and oxygen atoms in total. The molecular formula is C21H20BrN5O3. The second-order valence-electron chi connectivity index (χ2n) is 8.24. The van der Waals surface area contributed by atoms with Gasteiger partial charge >= 0.3 is 0 Å². The number of nitrogens with one attached hydrogen (secondary N) is 1. The predicted molar refractivity (Wildman–Crippen MR) is 114 cm³/mol. The van der Waals surface area contributed by atoms with E-state index in [1.165, 1.54) is 12.8 Å². The Bertz CT molecular complexity index is 1200. The number of ether oxygens (including phenoxy) is 1. The highest BCUT2D eigenvalue weighted by atomic mass is 79.9. The van der Waals surface area contributed by atoms with Crippen LogP contribution in [0.15, 0.2) is 39.9 Å². The Morgan fingerprint density at radius 2 is 2.00 bits per heavy atom. The second kappa shape index (κ2) is 7.16. The van der Waals surface area contributed by atoms with Crippen LogP contribution in [0.2, 0.25) is 0 Å². The SMILES string of the molecule is Cc1cnc(NC(=O)Cn2nc(OC3CC4(CC4)C3)c3cc(Br)ccc3c2=O)nc1. The monoisotopic (exact) mass is 469 g/mol. The van der Waals surface area contributed by atoms with Crippen molar-refractivity contribution in [3.8, 4) is 5.88 Å². The largest absolute Gasteiger partial charge is 0.473 e. The number of rotatable bonds is 5. The summed E-state index contributed by atoms with van der Waals surface area (Å²) in [4.78, 5) is 33.5. The summed E-state index contributed by atoms with van der Waals surface area (Å²) in [6, 6.07) is 5.34. The Hall–Kier alpha value is -2.81. The summed E-state index contributed by atoms with van der Waals surface area (Å²) < 4.78 is 8.13. The molecule has 0 radical (unpaired) electrons. The molecule has 2 fully saturated rings. The maximum atomic E-state index is 12.9. The first-order valence-electron chi connectivity index (χ1n) is 9.86. The molecule has 0 saturated heterocycles. The van der Waals surface area contributed by atoms with Crippen LogP contribution in [0.1, 0.15) is 31.2 Å². The summed E-state index contributed by atoms with van der Waals surface area (Å²) in [6.07, 6.45) is 7.91. The van der Waals surface area contributed by atoms with Gasteiger partial charge in [0.25, 0.3) is 5.56 Å². The van der Waals surface area contributed by atoms with Gasteiger partial charge in [0, 0.05) is 16.9 Å². The molecule has 1 N–H and O–H groups in total. The Balaban J connectivity index is 1.42. The van der Waals surface area contributed by atoms with Crippen molar-refractivity contribution in [3.05, 3.63) is 51.0 Å². The van der Waals surface area contributed by atoms with Crippen molar-refractivity contribution >= 4 is 38.6 Å². The quantitative estimate of drug-likeness (QED) is 0.615. The number of anilines is 1. The topological polar surface area (TPSA) is 99.0 Å². The van der Waals surface area contributed by atoms with E-state index in [1.54, 1.807) is 24.5 Å². The van der Waals surface area contributed by atoms with Gasteiger partial charge in [0.1, 0.15) is 12.6 Å². The smallest absolute Gasteiger partial charge is 0.275 e. The molecule has 1 aromatic carbocycles. The molecule has 2 aromatic heterocycles. The summed E-state index contributed by atoms with van der Waals surface area (Å²) >= 11 is 3.45. The summed E-state index contributed by atoms with van der Waals surface area (Å²) in [5.74, 6) is 0.131. The molecule has 2 aliphatic carbocycles. The number of halogens is 1. The first kappa shape index (κ1) is 19.2. The summed E-state index contributed by atoms with van der Waals surface area (Å²) in [5.41, 5.74) is 1.03. The van der Waals surface area contributed by atoms with Crippen LogP contribution in [0.5, 0.6) is 5.88 Å². The van der Waals surface area contributed by atoms with Crippen molar-refractivity contribution in [1.29, 1.82) is 0 Å². The molecule has 5 rings (SSSR count). The van der Waals surface area contributed by atoms with Gasteiger partial charge in [-0.3, -0.25) is 14.9 Å². The highest BCUT2D eigenvalue weighted by Crippen LogP contribution is 2.61. The van der Waals surface area contributed by atoms with Crippen molar-refractivity contribution < 1.29 is 9.53 Å². The van der Waals surface area contributed by atoms with Crippen LogP contribution in [-0.4, -0.2) is 31.8 Å². The van der Waals surface area contributed by atoms with E-state index >= 15 is 0 Å². The Labute approximate surface area is 180 Å². The Kier molecular flexibility index (Phi) is 4.57. The number of hydrogen-bond acceptors (Lipinski definition) is 6. The van der Waals surface area contributed by atoms with Crippen LogP contribution in [0, 0.1) is 12.3 Å². The molecular weight excluding hydrogens is 450 g/mol. The van der Waals surface area contributed by atoms with Gasteiger partial charge in [-0.25, -0.2) is 14.6 Å². The molecule has 0 unspecified atom stereocenters. The van der Waals surface area contributed by atoms with Crippen molar-refractivity contribution in [3.63, 3.8) is 0 Å². The average Bonchev–Trinajstić information content (AvgIpc) is 3.48. The number of hydrogen-bond donors (Lipinski definition) is 1. The lowest BCUT2D eigenvalue weighted by Crippen LogP contribution is -2.36. The number of carbonyl (C=O) groups excluding carboxylic acids is 1. The molecule has 2 heterocycles. The minimum Gasteiger partial charge on any atom is -0.473 e. The van der Waals surface area contributed by atoms with Crippen LogP contribution in [0.4, 0.5) is 5.95 Å². The van der Waals surface area contributed by atoms with Crippen LogP contribution in [0.25, 0.3) is 10.8 Å². The molecule has 1 spiro atoms. The zero-order valence-corrected chi connectivity index (χ0v) is 18.0. The fourth-order valence-corrected chi connectivity index (χ4v) is 4.27. The van der Waals surface area contributed by atoms with E-state index in [0.29, 0.717) is 22.1 Å². The van der Waals surface area contributed by atoms with Gasteiger partial charge in [0.15, 0.2) is 0 Å². The van der Waals surface area contributed by atoms with Gasteiger partial charge in [0.2, 0.25) is 17.7 Å². The van der Waals surface area contributed by atoms with Crippen molar-refractivity contribution in [2.24, 2.45) is 5.41 Å². The first-order chi connectivity index (χ1) is 14.4. The van der Waals surface area contributed by atoms with Crippen LogP contribution in [0.3, 0.4) is 0 Å². The van der Waals surface area contributed by atoms with E-state index in [0.717, 1.165) is 27.6 Å². The lowest BCUT2D eigenvalue weighted by Gasteiger charge is -2.35. The summed E-state index contributed by atoms with van der Waals surface area (Å²) in [7, 11) is 0. The Morgan fingerprint density at radius 1 is 1.27 bits per heavy atom. The lowest BCUT2D eigenvalue weighted by molar-refractivity contribution is -0.117. The molecule has 0 atom stereocenters. The fourth-order valence-electron chi connectivity index (χ4n) is 3.91. The average molecular weight is 470 g/mol. The molecule has 1 amide bonds. The fraction of sp³-hybridized carbons (Fsp3) is 0.381. The first-order valence-corrected chi connectivity index (χ1v) is 10.7. The molecule has 30 heavy (non-hydrogen) atoms. The molecule has 3 aromatic rings. The third-order valence-electron chi connectivity index (χ3n) is 5.77. The molecule has 0 aliphatic heterocycles. The van der Waals surface area contributed by atoms with E-state index in [1.807, 2.05) is 13.0 Å². The van der Waals surface area contributed by atoms with Crippen molar-refractivity contribution in [2.75, 3.05) is 5.32 Å². The Morgan fingerprint density at radius 3 is 2.70 bits per heavy atom.